The molecule has 1 aromatic carbocycles. The molecule has 0 saturated carbocycles. The molecule has 5 rings (SSSR count). The minimum atomic E-state index is -0.0374. The summed E-state index contributed by atoms with van der Waals surface area (Å²) in [7, 11) is 0. The van der Waals surface area contributed by atoms with Gasteiger partial charge in [0, 0.05) is 32.6 Å². The molecule has 0 aliphatic carbocycles. The van der Waals surface area contributed by atoms with Gasteiger partial charge >= 0.3 is 0 Å². The van der Waals surface area contributed by atoms with Crippen molar-refractivity contribution in [2.75, 3.05) is 18.0 Å². The summed E-state index contributed by atoms with van der Waals surface area (Å²) in [4.78, 5) is 29.2. The van der Waals surface area contributed by atoms with Crippen molar-refractivity contribution in [1.82, 2.24) is 24.8 Å². The first kappa shape index (κ1) is 20.0. The zero-order valence-electron chi connectivity index (χ0n) is 18.2. The van der Waals surface area contributed by atoms with Gasteiger partial charge in [-0.3, -0.25) is 4.79 Å². The summed E-state index contributed by atoms with van der Waals surface area (Å²) in [6.07, 6.45) is 8.13. The van der Waals surface area contributed by atoms with Crippen molar-refractivity contribution in [3.63, 3.8) is 0 Å². The molecule has 0 unspecified atom stereocenters. The number of nitrogens with one attached hydrogen (secondary N) is 1. The maximum Gasteiger partial charge on any atom is 0.225 e. The number of imidazole rings is 1. The smallest absolute Gasteiger partial charge is 0.225 e. The van der Waals surface area contributed by atoms with Crippen LogP contribution in [0.1, 0.15) is 49.1 Å². The zero-order chi connectivity index (χ0) is 21.2. The number of benzene rings is 1. The van der Waals surface area contributed by atoms with Crippen molar-refractivity contribution < 1.29 is 4.79 Å². The highest BCUT2D eigenvalue weighted by Crippen LogP contribution is 2.29. The maximum absolute atomic E-state index is 12.9. The molecule has 2 aliphatic rings. The van der Waals surface area contributed by atoms with Gasteiger partial charge in [-0.2, -0.15) is 0 Å². The summed E-state index contributed by atoms with van der Waals surface area (Å²) in [6, 6.07) is 8.31. The van der Waals surface area contributed by atoms with Gasteiger partial charge in [-0.25, -0.2) is 15.0 Å². The molecule has 162 valence electrons. The average molecular weight is 419 g/mol. The number of aryl methyl sites for hydroxylation is 3. The van der Waals surface area contributed by atoms with E-state index in [0.717, 1.165) is 60.7 Å². The molecular formula is C24H30N6O. The Morgan fingerprint density at radius 1 is 1.10 bits per heavy atom. The van der Waals surface area contributed by atoms with Crippen molar-refractivity contribution in [3.05, 3.63) is 47.5 Å². The van der Waals surface area contributed by atoms with E-state index in [1.807, 2.05) is 0 Å². The van der Waals surface area contributed by atoms with Gasteiger partial charge in [-0.1, -0.05) is 36.2 Å². The number of fused-ring (bicyclic) bond motifs is 3. The summed E-state index contributed by atoms with van der Waals surface area (Å²) in [5.74, 6) is 2.08. The second-order valence-corrected chi connectivity index (χ2v) is 8.85. The molecule has 31 heavy (non-hydrogen) atoms. The normalized spacial score (nSPS) is 19.1. The highest BCUT2D eigenvalue weighted by atomic mass is 16.1. The molecule has 0 radical (unpaired) electrons. The van der Waals surface area contributed by atoms with Crippen LogP contribution in [0, 0.1) is 12.8 Å². The zero-order valence-corrected chi connectivity index (χ0v) is 18.2. The Morgan fingerprint density at radius 2 is 1.97 bits per heavy atom. The quantitative estimate of drug-likeness (QED) is 0.703. The third kappa shape index (κ3) is 4.13. The molecule has 7 heteroatoms. The molecule has 7 nitrogen and oxygen atoms in total. The number of anilines is 1. The number of carbonyl (C=O) groups is 1. The minimum Gasteiger partial charge on any atom is -0.354 e. The minimum absolute atomic E-state index is 0.0374. The number of hydrogen-bond acceptors (Lipinski definition) is 5. The van der Waals surface area contributed by atoms with E-state index in [9.17, 15) is 4.79 Å². The van der Waals surface area contributed by atoms with E-state index >= 15 is 0 Å². The van der Waals surface area contributed by atoms with E-state index < -0.39 is 0 Å². The number of nitrogens with zero attached hydrogens (tertiary/aromatic N) is 5. The molecule has 1 fully saturated rings. The number of carbonyl (C=O) groups excluding carboxylic acids is 1. The van der Waals surface area contributed by atoms with Gasteiger partial charge in [-0.05, 0) is 38.2 Å². The molecule has 1 atom stereocenters. The van der Waals surface area contributed by atoms with Crippen LogP contribution in [0.2, 0.25) is 0 Å². The van der Waals surface area contributed by atoms with Gasteiger partial charge in [0.25, 0.3) is 0 Å². The van der Waals surface area contributed by atoms with Crippen LogP contribution in [-0.4, -0.2) is 38.5 Å². The van der Waals surface area contributed by atoms with E-state index in [1.54, 1.807) is 6.33 Å². The van der Waals surface area contributed by atoms with Crippen molar-refractivity contribution in [3.8, 4) is 0 Å². The second kappa shape index (κ2) is 8.65. The average Bonchev–Trinajstić information content (AvgIpc) is 2.99. The highest BCUT2D eigenvalue weighted by molar-refractivity contribution is 5.85. The predicted molar refractivity (Wildman–Crippen MR) is 121 cm³/mol. The Balaban J connectivity index is 1.31. The topological polar surface area (TPSA) is 75.9 Å². The lowest BCUT2D eigenvalue weighted by molar-refractivity contribution is -0.125. The Labute approximate surface area is 182 Å². The summed E-state index contributed by atoms with van der Waals surface area (Å²) >= 11 is 0. The Kier molecular flexibility index (Phi) is 5.57. The number of amides is 1. The number of aromatic nitrogens is 4. The predicted octanol–water partition coefficient (Wildman–Crippen LogP) is 3.39. The number of hydrogen-bond donors (Lipinski definition) is 1. The van der Waals surface area contributed by atoms with Crippen LogP contribution in [0.3, 0.4) is 0 Å². The lowest BCUT2D eigenvalue weighted by atomic mass is 9.97. The van der Waals surface area contributed by atoms with Crippen molar-refractivity contribution in [2.45, 2.75) is 58.5 Å². The van der Waals surface area contributed by atoms with Crippen molar-refractivity contribution in [1.29, 1.82) is 0 Å². The highest BCUT2D eigenvalue weighted by Gasteiger charge is 2.29. The van der Waals surface area contributed by atoms with E-state index in [1.165, 1.54) is 24.8 Å². The van der Waals surface area contributed by atoms with Crippen LogP contribution in [0.4, 0.5) is 5.82 Å². The van der Waals surface area contributed by atoms with Gasteiger partial charge in [0.2, 0.25) is 5.91 Å². The molecular weight excluding hydrogens is 388 g/mol. The molecule has 3 aromatic rings. The van der Waals surface area contributed by atoms with Gasteiger partial charge in [0.05, 0.1) is 5.92 Å². The van der Waals surface area contributed by atoms with Crippen LogP contribution >= 0.6 is 0 Å². The largest absolute Gasteiger partial charge is 0.354 e. The third-order valence-corrected chi connectivity index (χ3v) is 6.55. The Hall–Kier alpha value is -2.96. The molecule has 1 amide bonds. The maximum atomic E-state index is 12.9. The first-order chi connectivity index (χ1) is 15.2. The first-order valence-electron chi connectivity index (χ1n) is 11.5. The van der Waals surface area contributed by atoms with Crippen LogP contribution in [-0.2, 0) is 24.3 Å². The van der Waals surface area contributed by atoms with E-state index in [2.05, 4.69) is 55.9 Å². The SMILES string of the molecule is Cc1ccc(CNC(=O)[C@@H]2CCCN(c3ncnc4c3nc3n4CCCCC3)C2)cc1. The number of rotatable bonds is 4. The van der Waals surface area contributed by atoms with E-state index in [0.29, 0.717) is 13.1 Å². The molecule has 1 saturated heterocycles. The van der Waals surface area contributed by atoms with Gasteiger partial charge in [-0.15, -0.1) is 0 Å². The van der Waals surface area contributed by atoms with E-state index in [-0.39, 0.29) is 11.8 Å². The molecule has 2 aromatic heterocycles. The van der Waals surface area contributed by atoms with Crippen LogP contribution in [0.25, 0.3) is 11.2 Å². The van der Waals surface area contributed by atoms with Crippen LogP contribution in [0.5, 0.6) is 0 Å². The van der Waals surface area contributed by atoms with Gasteiger partial charge in [0.15, 0.2) is 17.0 Å². The molecule has 2 aliphatic heterocycles. The molecule has 4 heterocycles. The summed E-state index contributed by atoms with van der Waals surface area (Å²) in [5.41, 5.74) is 4.18. The Bertz CT molecular complexity index is 1070. The van der Waals surface area contributed by atoms with Crippen molar-refractivity contribution >= 4 is 22.9 Å². The Morgan fingerprint density at radius 3 is 2.84 bits per heavy atom. The first-order valence-corrected chi connectivity index (χ1v) is 11.5. The molecule has 0 spiro atoms. The van der Waals surface area contributed by atoms with Crippen molar-refractivity contribution in [2.24, 2.45) is 5.92 Å². The standard InChI is InChI=1S/C24H30N6O/c1-17-8-10-18(11-9-17)14-25-24(31)19-6-5-12-29(15-19)22-21-23(27-16-26-22)30-13-4-2-3-7-20(30)28-21/h8-11,16,19H,2-7,12-15H2,1H3,(H,25,31)/t19-/m1/s1. The van der Waals surface area contributed by atoms with Crippen LogP contribution in [0.15, 0.2) is 30.6 Å². The fourth-order valence-electron chi connectivity index (χ4n) is 4.78. The summed E-state index contributed by atoms with van der Waals surface area (Å²) < 4.78 is 2.27. The summed E-state index contributed by atoms with van der Waals surface area (Å²) in [5, 5.41) is 3.13. The molecule has 1 N–H and O–H groups in total. The third-order valence-electron chi connectivity index (χ3n) is 6.55. The lowest BCUT2D eigenvalue weighted by Gasteiger charge is -2.32. The monoisotopic (exact) mass is 418 g/mol. The number of piperidine rings is 1. The lowest BCUT2D eigenvalue weighted by Crippen LogP contribution is -2.43. The fraction of sp³-hybridized carbons (Fsp3) is 0.500. The fourth-order valence-corrected chi connectivity index (χ4v) is 4.78. The molecule has 0 bridgehead atoms. The summed E-state index contributed by atoms with van der Waals surface area (Å²) in [6.45, 7) is 5.19. The van der Waals surface area contributed by atoms with Gasteiger partial charge in [0.1, 0.15) is 12.2 Å². The van der Waals surface area contributed by atoms with Gasteiger partial charge < -0.3 is 14.8 Å². The van der Waals surface area contributed by atoms with Crippen LogP contribution < -0.4 is 10.2 Å². The second-order valence-electron chi connectivity index (χ2n) is 8.85. The van der Waals surface area contributed by atoms with E-state index in [4.69, 9.17) is 4.98 Å².